The summed E-state index contributed by atoms with van der Waals surface area (Å²) in [7, 11) is 1.29. The molecule has 0 spiro atoms. The number of likely N-dealkylation sites (tertiary alicyclic amines) is 1. The molecule has 2 unspecified atom stereocenters. The van der Waals surface area contributed by atoms with Crippen LogP contribution in [-0.2, 0) is 20.7 Å². The molecule has 0 bridgehead atoms. The molecule has 0 N–H and O–H groups in total. The summed E-state index contributed by atoms with van der Waals surface area (Å²) in [5, 5.41) is 0. The molecule has 154 valence electrons. The lowest BCUT2D eigenvalue weighted by atomic mass is 10.0. The maximum absolute atomic E-state index is 13.6. The second-order valence-electron chi connectivity index (χ2n) is 7.44. The molecule has 0 aliphatic carbocycles. The number of amides is 3. The van der Waals surface area contributed by atoms with Crippen molar-refractivity contribution in [3.8, 4) is 0 Å². The number of nitrogens with zero attached hydrogens (tertiary/aromatic N) is 2. The van der Waals surface area contributed by atoms with Crippen LogP contribution in [0.25, 0.3) is 0 Å². The minimum absolute atomic E-state index is 0.176. The van der Waals surface area contributed by atoms with Crippen molar-refractivity contribution in [1.29, 1.82) is 0 Å². The number of fused-ring (bicyclic) bond motifs is 1. The molecule has 2 aromatic carbocycles. The van der Waals surface area contributed by atoms with E-state index in [2.05, 4.69) is 0 Å². The molecule has 2 atom stereocenters. The fraction of sp³-hybridized carbons (Fsp3) is 0.304. The highest BCUT2D eigenvalue weighted by Crippen LogP contribution is 2.29. The van der Waals surface area contributed by atoms with Gasteiger partial charge in [-0.05, 0) is 30.5 Å². The molecule has 2 heterocycles. The largest absolute Gasteiger partial charge is 0.467 e. The normalized spacial score (nSPS) is 19.0. The van der Waals surface area contributed by atoms with Gasteiger partial charge in [-0.1, -0.05) is 42.5 Å². The zero-order valence-electron chi connectivity index (χ0n) is 16.6. The molecule has 3 amide bonds. The molecule has 7 heteroatoms. The first-order valence-electron chi connectivity index (χ1n) is 9.92. The molecular formula is C23H22N2O5. The SMILES string of the molecule is COC(=O)C1CCCN1C(=O)C(Cc1ccccc1)N1C(=O)c2ccccc2C1=O. The summed E-state index contributed by atoms with van der Waals surface area (Å²) < 4.78 is 4.85. The number of rotatable bonds is 5. The molecule has 0 aromatic heterocycles. The number of hydrogen-bond acceptors (Lipinski definition) is 5. The van der Waals surface area contributed by atoms with E-state index in [0.717, 1.165) is 10.5 Å². The molecular weight excluding hydrogens is 384 g/mol. The Morgan fingerprint density at radius 1 is 1.00 bits per heavy atom. The average molecular weight is 406 g/mol. The predicted octanol–water partition coefficient (Wildman–Crippen LogP) is 2.06. The van der Waals surface area contributed by atoms with Crippen LogP contribution in [0.1, 0.15) is 39.1 Å². The van der Waals surface area contributed by atoms with Crippen LogP contribution in [0.3, 0.4) is 0 Å². The monoisotopic (exact) mass is 406 g/mol. The van der Waals surface area contributed by atoms with Gasteiger partial charge in [0, 0.05) is 13.0 Å². The first kappa shape index (κ1) is 19.8. The molecule has 4 rings (SSSR count). The minimum Gasteiger partial charge on any atom is -0.467 e. The number of benzene rings is 2. The van der Waals surface area contributed by atoms with Gasteiger partial charge in [0.1, 0.15) is 12.1 Å². The van der Waals surface area contributed by atoms with E-state index in [1.807, 2.05) is 30.3 Å². The Bertz CT molecular complexity index is 969. The molecule has 30 heavy (non-hydrogen) atoms. The van der Waals surface area contributed by atoms with Crippen molar-refractivity contribution in [2.75, 3.05) is 13.7 Å². The zero-order valence-corrected chi connectivity index (χ0v) is 16.6. The van der Waals surface area contributed by atoms with Gasteiger partial charge in [0.15, 0.2) is 0 Å². The Hall–Kier alpha value is -3.48. The van der Waals surface area contributed by atoms with E-state index in [4.69, 9.17) is 4.74 Å². The van der Waals surface area contributed by atoms with Gasteiger partial charge >= 0.3 is 5.97 Å². The van der Waals surface area contributed by atoms with E-state index in [1.165, 1.54) is 12.0 Å². The maximum atomic E-state index is 13.6. The highest BCUT2D eigenvalue weighted by Gasteiger charge is 2.46. The van der Waals surface area contributed by atoms with Gasteiger partial charge in [-0.3, -0.25) is 19.3 Å². The van der Waals surface area contributed by atoms with Crippen molar-refractivity contribution in [3.63, 3.8) is 0 Å². The Kier molecular flexibility index (Phi) is 5.35. The Morgan fingerprint density at radius 2 is 1.60 bits per heavy atom. The number of hydrogen-bond donors (Lipinski definition) is 0. The van der Waals surface area contributed by atoms with E-state index < -0.39 is 35.8 Å². The maximum Gasteiger partial charge on any atom is 0.328 e. The molecule has 1 fully saturated rings. The third kappa shape index (κ3) is 3.36. The van der Waals surface area contributed by atoms with Gasteiger partial charge in [0.05, 0.1) is 18.2 Å². The van der Waals surface area contributed by atoms with Crippen LogP contribution in [0.15, 0.2) is 54.6 Å². The summed E-state index contributed by atoms with van der Waals surface area (Å²) in [6.07, 6.45) is 1.33. The molecule has 2 aliphatic rings. The number of imide groups is 1. The van der Waals surface area contributed by atoms with Crippen LogP contribution < -0.4 is 0 Å². The van der Waals surface area contributed by atoms with Gasteiger partial charge in [-0.15, -0.1) is 0 Å². The third-order valence-electron chi connectivity index (χ3n) is 5.70. The summed E-state index contributed by atoms with van der Waals surface area (Å²) in [5.41, 5.74) is 1.40. The Labute approximate surface area is 174 Å². The fourth-order valence-corrected chi connectivity index (χ4v) is 4.22. The van der Waals surface area contributed by atoms with Crippen molar-refractivity contribution in [2.24, 2.45) is 0 Å². The number of esters is 1. The standard InChI is InChI=1S/C23H22N2O5/c1-30-23(29)18-12-7-13-24(18)22(28)19(14-15-8-3-2-4-9-15)25-20(26)16-10-5-6-11-17(16)21(25)27/h2-6,8-11,18-19H,7,12-14H2,1H3. The fourth-order valence-electron chi connectivity index (χ4n) is 4.22. The van der Waals surface area contributed by atoms with E-state index in [9.17, 15) is 19.2 Å². The first-order valence-corrected chi connectivity index (χ1v) is 9.92. The van der Waals surface area contributed by atoms with Gasteiger partial charge in [0.25, 0.3) is 11.8 Å². The molecule has 2 aromatic rings. The Balaban J connectivity index is 1.71. The summed E-state index contributed by atoms with van der Waals surface area (Å²) in [6.45, 7) is 0.382. The second kappa shape index (κ2) is 8.10. The number of ether oxygens (including phenoxy) is 1. The van der Waals surface area contributed by atoms with Crippen LogP contribution in [0.5, 0.6) is 0 Å². The number of methoxy groups -OCH3 is 1. The van der Waals surface area contributed by atoms with E-state index in [0.29, 0.717) is 30.5 Å². The highest BCUT2D eigenvalue weighted by atomic mass is 16.5. The summed E-state index contributed by atoms with van der Waals surface area (Å²) in [6, 6.07) is 14.1. The van der Waals surface area contributed by atoms with Crippen LogP contribution >= 0.6 is 0 Å². The number of carbonyl (C=O) groups is 4. The summed E-state index contributed by atoms with van der Waals surface area (Å²) in [5.74, 6) is -1.87. The summed E-state index contributed by atoms with van der Waals surface area (Å²) in [4.78, 5) is 54.4. The van der Waals surface area contributed by atoms with Crippen molar-refractivity contribution in [2.45, 2.75) is 31.3 Å². The quantitative estimate of drug-likeness (QED) is 0.561. The van der Waals surface area contributed by atoms with Crippen LogP contribution in [-0.4, -0.2) is 59.2 Å². The van der Waals surface area contributed by atoms with Crippen LogP contribution in [0.4, 0.5) is 0 Å². The van der Waals surface area contributed by atoms with Gasteiger partial charge < -0.3 is 9.64 Å². The molecule has 1 saturated heterocycles. The van der Waals surface area contributed by atoms with Crippen molar-refractivity contribution < 1.29 is 23.9 Å². The molecule has 2 aliphatic heterocycles. The lowest BCUT2D eigenvalue weighted by molar-refractivity contribution is -0.152. The van der Waals surface area contributed by atoms with Gasteiger partial charge in [-0.2, -0.15) is 0 Å². The van der Waals surface area contributed by atoms with Crippen molar-refractivity contribution >= 4 is 23.7 Å². The molecule has 7 nitrogen and oxygen atoms in total. The Morgan fingerprint density at radius 3 is 2.20 bits per heavy atom. The van der Waals surface area contributed by atoms with Gasteiger partial charge in [0.2, 0.25) is 5.91 Å². The second-order valence-corrected chi connectivity index (χ2v) is 7.44. The number of carbonyl (C=O) groups excluding carboxylic acids is 4. The lowest BCUT2D eigenvalue weighted by Gasteiger charge is -2.31. The van der Waals surface area contributed by atoms with Gasteiger partial charge in [-0.25, -0.2) is 4.79 Å². The first-order chi connectivity index (χ1) is 14.5. The van der Waals surface area contributed by atoms with E-state index >= 15 is 0 Å². The highest BCUT2D eigenvalue weighted by molar-refractivity contribution is 6.22. The van der Waals surface area contributed by atoms with Crippen LogP contribution in [0.2, 0.25) is 0 Å². The van der Waals surface area contributed by atoms with E-state index in [-0.39, 0.29) is 6.42 Å². The van der Waals surface area contributed by atoms with Crippen LogP contribution in [0, 0.1) is 0 Å². The van der Waals surface area contributed by atoms with Crippen molar-refractivity contribution in [1.82, 2.24) is 9.80 Å². The van der Waals surface area contributed by atoms with E-state index in [1.54, 1.807) is 24.3 Å². The average Bonchev–Trinajstić information content (AvgIpc) is 3.36. The zero-order chi connectivity index (χ0) is 21.3. The topological polar surface area (TPSA) is 84.0 Å². The summed E-state index contributed by atoms with van der Waals surface area (Å²) >= 11 is 0. The minimum atomic E-state index is -1.04. The lowest BCUT2D eigenvalue weighted by Crippen LogP contribution is -2.54. The molecule has 0 saturated carbocycles. The third-order valence-corrected chi connectivity index (χ3v) is 5.70. The smallest absolute Gasteiger partial charge is 0.328 e. The molecule has 0 radical (unpaired) electrons. The predicted molar refractivity (Wildman–Crippen MR) is 108 cm³/mol. The van der Waals surface area contributed by atoms with Crippen molar-refractivity contribution in [3.05, 3.63) is 71.3 Å².